The van der Waals surface area contributed by atoms with Crippen LogP contribution < -0.4 is 0 Å². The van der Waals surface area contributed by atoms with Gasteiger partial charge in [0.2, 0.25) is 0 Å². The minimum Gasteiger partial charge on any atom is -0.0619 e. The van der Waals surface area contributed by atoms with Gasteiger partial charge in [0.1, 0.15) is 0 Å². The molecule has 0 amide bonds. The Balaban J connectivity index is 1.74. The Morgan fingerprint density at radius 2 is 1.27 bits per heavy atom. The van der Waals surface area contributed by atoms with Crippen LogP contribution in [-0.2, 0) is 10.9 Å². The SMILES string of the molecule is Cc1cc(C2CCCCC2)ccc1[S+](c1ccccc1)c1ccccc1. The van der Waals surface area contributed by atoms with Gasteiger partial charge in [-0.1, -0.05) is 67.8 Å². The summed E-state index contributed by atoms with van der Waals surface area (Å²) in [5.41, 5.74) is 2.99. The molecule has 3 aromatic rings. The lowest BCUT2D eigenvalue weighted by Gasteiger charge is -2.22. The van der Waals surface area contributed by atoms with Gasteiger partial charge in [-0.25, -0.2) is 0 Å². The molecule has 1 fully saturated rings. The molecule has 0 aromatic heterocycles. The minimum atomic E-state index is -0.0394. The van der Waals surface area contributed by atoms with E-state index in [2.05, 4.69) is 85.8 Å². The average Bonchev–Trinajstić information content (AvgIpc) is 2.72. The molecule has 1 heteroatoms. The van der Waals surface area contributed by atoms with Gasteiger partial charge in [0.05, 0.1) is 10.9 Å². The highest BCUT2D eigenvalue weighted by Crippen LogP contribution is 2.37. The molecular formula is C25H27S+. The fraction of sp³-hybridized carbons (Fsp3) is 0.280. The van der Waals surface area contributed by atoms with Gasteiger partial charge in [-0.3, -0.25) is 0 Å². The Morgan fingerprint density at radius 1 is 0.692 bits per heavy atom. The lowest BCUT2D eigenvalue weighted by atomic mass is 9.84. The van der Waals surface area contributed by atoms with Crippen molar-refractivity contribution < 1.29 is 0 Å². The highest BCUT2D eigenvalue weighted by Gasteiger charge is 2.30. The molecular weight excluding hydrogens is 332 g/mol. The summed E-state index contributed by atoms with van der Waals surface area (Å²) in [5.74, 6) is 0.770. The van der Waals surface area contributed by atoms with Gasteiger partial charge in [-0.2, -0.15) is 0 Å². The molecule has 0 atom stereocenters. The van der Waals surface area contributed by atoms with Crippen LogP contribution in [0, 0.1) is 6.92 Å². The van der Waals surface area contributed by atoms with E-state index >= 15 is 0 Å². The number of hydrogen-bond donors (Lipinski definition) is 0. The highest BCUT2D eigenvalue weighted by molar-refractivity contribution is 7.97. The zero-order valence-electron chi connectivity index (χ0n) is 15.5. The molecule has 0 aliphatic heterocycles. The van der Waals surface area contributed by atoms with E-state index in [1.165, 1.54) is 52.4 Å². The maximum absolute atomic E-state index is 2.47. The second kappa shape index (κ2) is 8.14. The van der Waals surface area contributed by atoms with Crippen molar-refractivity contribution in [3.63, 3.8) is 0 Å². The number of hydrogen-bond acceptors (Lipinski definition) is 0. The van der Waals surface area contributed by atoms with Crippen LogP contribution in [0.5, 0.6) is 0 Å². The van der Waals surface area contributed by atoms with E-state index in [4.69, 9.17) is 0 Å². The van der Waals surface area contributed by atoms with Crippen LogP contribution in [0.1, 0.15) is 49.1 Å². The zero-order valence-corrected chi connectivity index (χ0v) is 16.3. The Bertz CT molecular complexity index is 793. The molecule has 1 saturated carbocycles. The van der Waals surface area contributed by atoms with Gasteiger partial charge < -0.3 is 0 Å². The zero-order chi connectivity index (χ0) is 17.8. The summed E-state index contributed by atoms with van der Waals surface area (Å²) in [6.45, 7) is 2.30. The molecule has 0 unspecified atom stereocenters. The van der Waals surface area contributed by atoms with Crippen LogP contribution in [0.15, 0.2) is 93.5 Å². The van der Waals surface area contributed by atoms with Crippen LogP contribution >= 0.6 is 0 Å². The van der Waals surface area contributed by atoms with Crippen molar-refractivity contribution in [3.05, 3.63) is 90.0 Å². The maximum atomic E-state index is 2.47. The predicted octanol–water partition coefficient (Wildman–Crippen LogP) is 7.14. The van der Waals surface area contributed by atoms with Crippen LogP contribution in [0.25, 0.3) is 0 Å². The molecule has 132 valence electrons. The van der Waals surface area contributed by atoms with E-state index < -0.39 is 0 Å². The first-order valence-corrected chi connectivity index (χ1v) is 11.0. The Labute approximate surface area is 160 Å². The van der Waals surface area contributed by atoms with Crippen molar-refractivity contribution in [2.45, 2.75) is 59.6 Å². The van der Waals surface area contributed by atoms with Gasteiger partial charge in [-0.05, 0) is 61.6 Å². The summed E-state index contributed by atoms with van der Waals surface area (Å²) >= 11 is 0. The fourth-order valence-corrected chi connectivity index (χ4v) is 6.32. The van der Waals surface area contributed by atoms with E-state index in [0.717, 1.165) is 5.92 Å². The first-order chi connectivity index (χ1) is 12.8. The largest absolute Gasteiger partial charge is 0.169 e. The third-order valence-corrected chi connectivity index (χ3v) is 7.84. The normalized spacial score (nSPS) is 15.3. The van der Waals surface area contributed by atoms with Gasteiger partial charge in [0.15, 0.2) is 14.7 Å². The molecule has 0 N–H and O–H groups in total. The number of rotatable bonds is 4. The molecule has 3 aromatic carbocycles. The molecule has 1 aliphatic carbocycles. The monoisotopic (exact) mass is 359 g/mol. The summed E-state index contributed by atoms with van der Waals surface area (Å²) in [4.78, 5) is 4.25. The van der Waals surface area contributed by atoms with Crippen molar-refractivity contribution in [2.24, 2.45) is 0 Å². The van der Waals surface area contributed by atoms with E-state index in [9.17, 15) is 0 Å². The third kappa shape index (κ3) is 3.73. The predicted molar refractivity (Wildman–Crippen MR) is 112 cm³/mol. The Kier molecular flexibility index (Phi) is 5.45. The smallest absolute Gasteiger partial charge is 0.0619 e. The molecule has 0 heterocycles. The first-order valence-electron chi connectivity index (χ1n) is 9.78. The van der Waals surface area contributed by atoms with E-state index in [1.54, 1.807) is 5.56 Å². The summed E-state index contributed by atoms with van der Waals surface area (Å²) in [6, 6.07) is 29.2. The first kappa shape index (κ1) is 17.4. The van der Waals surface area contributed by atoms with Crippen molar-refractivity contribution in [3.8, 4) is 0 Å². The molecule has 0 saturated heterocycles. The Morgan fingerprint density at radius 3 is 1.81 bits per heavy atom. The van der Waals surface area contributed by atoms with Gasteiger partial charge >= 0.3 is 0 Å². The van der Waals surface area contributed by atoms with Crippen LogP contribution in [0.3, 0.4) is 0 Å². The lowest BCUT2D eigenvalue weighted by molar-refractivity contribution is 0.443. The molecule has 4 rings (SSSR count). The second-order valence-corrected chi connectivity index (χ2v) is 9.29. The van der Waals surface area contributed by atoms with Gasteiger partial charge in [0, 0.05) is 5.56 Å². The number of aryl methyl sites for hydroxylation is 1. The van der Waals surface area contributed by atoms with Crippen molar-refractivity contribution in [1.82, 2.24) is 0 Å². The minimum absolute atomic E-state index is 0.0394. The van der Waals surface area contributed by atoms with Crippen LogP contribution in [0.4, 0.5) is 0 Å². The van der Waals surface area contributed by atoms with Crippen LogP contribution in [0.2, 0.25) is 0 Å². The lowest BCUT2D eigenvalue weighted by Crippen LogP contribution is -2.09. The third-order valence-electron chi connectivity index (χ3n) is 5.45. The molecule has 0 radical (unpaired) electrons. The highest BCUT2D eigenvalue weighted by atomic mass is 32.2. The van der Waals surface area contributed by atoms with Crippen molar-refractivity contribution in [2.75, 3.05) is 0 Å². The maximum Gasteiger partial charge on any atom is 0.169 e. The molecule has 26 heavy (non-hydrogen) atoms. The topological polar surface area (TPSA) is 0 Å². The summed E-state index contributed by atoms with van der Waals surface area (Å²) in [5, 5.41) is 0. The molecule has 1 aliphatic rings. The second-order valence-electron chi connectivity index (χ2n) is 7.29. The van der Waals surface area contributed by atoms with Crippen LogP contribution in [-0.4, -0.2) is 0 Å². The van der Waals surface area contributed by atoms with E-state index in [0.29, 0.717) is 0 Å². The Hall–Kier alpha value is -1.99. The quantitative estimate of drug-likeness (QED) is 0.434. The molecule has 0 bridgehead atoms. The summed E-state index contributed by atoms with van der Waals surface area (Å²) < 4.78 is 0. The standard InChI is InChI=1S/C25H27S/c1-20-19-22(21-11-5-2-6-12-21)17-18-25(20)26(23-13-7-3-8-14-23)24-15-9-4-10-16-24/h3-4,7-10,13-19,21H,2,5-6,11-12H2,1H3/q+1. The van der Waals surface area contributed by atoms with Crippen molar-refractivity contribution in [1.29, 1.82) is 0 Å². The number of benzene rings is 3. The summed E-state index contributed by atoms with van der Waals surface area (Å²) in [6.07, 6.45) is 6.93. The van der Waals surface area contributed by atoms with E-state index in [-0.39, 0.29) is 10.9 Å². The van der Waals surface area contributed by atoms with Gasteiger partial charge in [0.25, 0.3) is 0 Å². The van der Waals surface area contributed by atoms with Gasteiger partial charge in [-0.15, -0.1) is 0 Å². The fourth-order valence-electron chi connectivity index (χ4n) is 4.09. The summed E-state index contributed by atoms with van der Waals surface area (Å²) in [7, 11) is -0.0394. The average molecular weight is 360 g/mol. The van der Waals surface area contributed by atoms with E-state index in [1.807, 2.05) is 0 Å². The molecule has 0 spiro atoms. The molecule has 0 nitrogen and oxygen atoms in total. The van der Waals surface area contributed by atoms with Crippen molar-refractivity contribution >= 4 is 10.9 Å².